The zero-order chi connectivity index (χ0) is 23.3. The number of sulfonamides is 1. The highest BCUT2D eigenvalue weighted by atomic mass is 35.5. The van der Waals surface area contributed by atoms with E-state index in [0.29, 0.717) is 18.0 Å². The molecule has 0 fully saturated rings. The maximum atomic E-state index is 12.5. The molecule has 9 heteroatoms. The largest absolute Gasteiger partial charge is 0.352 e. The molecule has 0 spiro atoms. The van der Waals surface area contributed by atoms with Crippen molar-refractivity contribution in [2.75, 3.05) is 7.05 Å². The Kier molecular flexibility index (Phi) is 8.05. The van der Waals surface area contributed by atoms with Gasteiger partial charge in [-0.1, -0.05) is 35.9 Å². The topological polar surface area (TPSA) is 79.4 Å². The average Bonchev–Trinajstić information content (AvgIpc) is 3.18. The first-order valence-electron chi connectivity index (χ1n) is 10.2. The third-order valence-corrected chi connectivity index (χ3v) is 8.18. The van der Waals surface area contributed by atoms with Crippen LogP contribution in [0.1, 0.15) is 35.7 Å². The Morgan fingerprint density at radius 1 is 1.16 bits per heavy atom. The van der Waals surface area contributed by atoms with Gasteiger partial charge in [-0.2, -0.15) is 4.31 Å². The number of nitrogens with one attached hydrogen (secondary N) is 1. The number of aromatic nitrogens is 1. The van der Waals surface area contributed by atoms with E-state index in [1.165, 1.54) is 15.6 Å². The molecule has 1 amide bonds. The van der Waals surface area contributed by atoms with Crippen LogP contribution >= 0.6 is 22.9 Å². The highest BCUT2D eigenvalue weighted by Gasteiger charge is 2.22. The summed E-state index contributed by atoms with van der Waals surface area (Å²) in [6, 6.07) is 14.1. The molecule has 0 bridgehead atoms. The van der Waals surface area contributed by atoms with Crippen LogP contribution in [0.25, 0.3) is 0 Å². The smallest absolute Gasteiger partial charge is 0.243 e. The molecule has 170 valence electrons. The third-order valence-electron chi connectivity index (χ3n) is 5.00. The summed E-state index contributed by atoms with van der Waals surface area (Å²) >= 11 is 7.55. The summed E-state index contributed by atoms with van der Waals surface area (Å²) < 4.78 is 26.4. The fraction of sp³-hybridized carbons (Fsp3) is 0.304. The first kappa shape index (κ1) is 24.4. The lowest BCUT2D eigenvalue weighted by Gasteiger charge is -2.21. The third kappa shape index (κ3) is 6.38. The van der Waals surface area contributed by atoms with Crippen LogP contribution in [0, 0.1) is 0 Å². The molecule has 0 saturated carbocycles. The van der Waals surface area contributed by atoms with Crippen LogP contribution in [0.4, 0.5) is 0 Å². The van der Waals surface area contributed by atoms with E-state index < -0.39 is 10.0 Å². The molecule has 0 aliphatic rings. The Labute approximate surface area is 198 Å². The number of hydrogen-bond acceptors (Lipinski definition) is 5. The maximum Gasteiger partial charge on any atom is 0.243 e. The molecule has 1 heterocycles. The van der Waals surface area contributed by atoms with Gasteiger partial charge in [-0.05, 0) is 49.2 Å². The molecule has 6 nitrogen and oxygen atoms in total. The molecule has 1 aromatic heterocycles. The number of thiazole rings is 1. The van der Waals surface area contributed by atoms with Gasteiger partial charge in [-0.15, -0.1) is 11.3 Å². The molecule has 1 N–H and O–H groups in total. The number of hydrogen-bond donors (Lipinski definition) is 1. The summed E-state index contributed by atoms with van der Waals surface area (Å²) in [6.07, 6.45) is 0.867. The van der Waals surface area contributed by atoms with Gasteiger partial charge in [0.25, 0.3) is 0 Å². The lowest BCUT2D eigenvalue weighted by molar-refractivity contribution is -0.120. The van der Waals surface area contributed by atoms with Gasteiger partial charge in [0, 0.05) is 36.5 Å². The zero-order valence-corrected chi connectivity index (χ0v) is 20.6. The molecule has 0 radical (unpaired) electrons. The van der Waals surface area contributed by atoms with Crippen LogP contribution in [0.15, 0.2) is 58.8 Å². The van der Waals surface area contributed by atoms with Gasteiger partial charge in [0.05, 0.1) is 22.0 Å². The Hall–Kier alpha value is -2.26. The minimum Gasteiger partial charge on any atom is -0.352 e. The Balaban J connectivity index is 1.52. The zero-order valence-electron chi connectivity index (χ0n) is 18.2. The quantitative estimate of drug-likeness (QED) is 0.484. The number of amides is 1. The van der Waals surface area contributed by atoms with E-state index in [-0.39, 0.29) is 23.3 Å². The van der Waals surface area contributed by atoms with Gasteiger partial charge < -0.3 is 5.32 Å². The van der Waals surface area contributed by atoms with Crippen molar-refractivity contribution in [2.24, 2.45) is 0 Å². The Morgan fingerprint density at radius 3 is 2.53 bits per heavy atom. The van der Waals surface area contributed by atoms with E-state index in [1.807, 2.05) is 43.5 Å². The summed E-state index contributed by atoms with van der Waals surface area (Å²) in [5.74, 6) is -0.138. The maximum absolute atomic E-state index is 12.5. The average molecular weight is 492 g/mol. The van der Waals surface area contributed by atoms with Crippen LogP contribution < -0.4 is 5.32 Å². The molecule has 0 saturated heterocycles. The fourth-order valence-corrected chi connectivity index (χ4v) is 5.39. The van der Waals surface area contributed by atoms with Crippen molar-refractivity contribution in [3.63, 3.8) is 0 Å². The second-order valence-corrected chi connectivity index (χ2v) is 11.1. The molecule has 32 heavy (non-hydrogen) atoms. The van der Waals surface area contributed by atoms with Crippen molar-refractivity contribution in [3.8, 4) is 0 Å². The van der Waals surface area contributed by atoms with Crippen LogP contribution in [-0.4, -0.2) is 36.7 Å². The SMILES string of the molecule is CC(C)N(C)S(=O)(=O)c1ccc(CNC(=O)Cc2csc(Cc3cccc(Cl)c3)n2)cc1. The van der Waals surface area contributed by atoms with E-state index in [4.69, 9.17) is 11.6 Å². The van der Waals surface area contributed by atoms with Crippen LogP contribution in [-0.2, 0) is 34.2 Å². The van der Waals surface area contributed by atoms with E-state index in [2.05, 4.69) is 10.3 Å². The van der Waals surface area contributed by atoms with Gasteiger partial charge in [0.1, 0.15) is 0 Å². The van der Waals surface area contributed by atoms with Gasteiger partial charge in [0.2, 0.25) is 15.9 Å². The monoisotopic (exact) mass is 491 g/mol. The van der Waals surface area contributed by atoms with Crippen molar-refractivity contribution in [2.45, 2.75) is 44.2 Å². The van der Waals surface area contributed by atoms with Crippen molar-refractivity contribution < 1.29 is 13.2 Å². The minimum absolute atomic E-state index is 0.129. The number of nitrogens with zero attached hydrogens (tertiary/aromatic N) is 2. The number of carbonyl (C=O) groups excluding carboxylic acids is 1. The molecular formula is C23H26ClN3O3S2. The highest BCUT2D eigenvalue weighted by Crippen LogP contribution is 2.19. The molecule has 0 aliphatic carbocycles. The molecule has 0 atom stereocenters. The standard InChI is InChI=1S/C23H26ClN3O3S2/c1-16(2)27(3)32(29,30)21-9-7-17(8-10-21)14-25-22(28)13-20-15-31-23(26-20)12-18-5-4-6-19(24)11-18/h4-11,15-16H,12-14H2,1-3H3,(H,25,28). The minimum atomic E-state index is -3.52. The number of halogens is 1. The Bertz CT molecular complexity index is 1180. The summed E-state index contributed by atoms with van der Waals surface area (Å²) in [4.78, 5) is 17.1. The molecule has 2 aromatic carbocycles. The van der Waals surface area contributed by atoms with Gasteiger partial charge in [-0.25, -0.2) is 13.4 Å². The van der Waals surface area contributed by atoms with Crippen molar-refractivity contribution in [3.05, 3.63) is 80.8 Å². The van der Waals surface area contributed by atoms with Crippen molar-refractivity contribution in [1.82, 2.24) is 14.6 Å². The van der Waals surface area contributed by atoms with Gasteiger partial charge in [-0.3, -0.25) is 4.79 Å². The Morgan fingerprint density at radius 2 is 1.88 bits per heavy atom. The van der Waals surface area contributed by atoms with Crippen molar-refractivity contribution in [1.29, 1.82) is 0 Å². The number of carbonyl (C=O) groups is 1. The predicted octanol–water partition coefficient (Wildman–Crippen LogP) is 4.28. The molecule has 3 aromatic rings. The van der Waals surface area contributed by atoms with Crippen molar-refractivity contribution >= 4 is 38.9 Å². The van der Waals surface area contributed by atoms with Gasteiger partial charge in [0.15, 0.2) is 0 Å². The van der Waals surface area contributed by atoms with E-state index in [9.17, 15) is 13.2 Å². The predicted molar refractivity (Wildman–Crippen MR) is 128 cm³/mol. The first-order valence-corrected chi connectivity index (χ1v) is 12.9. The molecular weight excluding hydrogens is 466 g/mol. The van der Waals surface area contributed by atoms with Crippen LogP contribution in [0.5, 0.6) is 0 Å². The number of rotatable bonds is 9. The van der Waals surface area contributed by atoms with Crippen LogP contribution in [0.3, 0.4) is 0 Å². The lowest BCUT2D eigenvalue weighted by Crippen LogP contribution is -2.33. The summed E-state index contributed by atoms with van der Waals surface area (Å²) in [6.45, 7) is 3.97. The molecule has 0 unspecified atom stereocenters. The fourth-order valence-electron chi connectivity index (χ4n) is 2.98. The van der Waals surface area contributed by atoms with E-state index >= 15 is 0 Å². The summed E-state index contributed by atoms with van der Waals surface area (Å²) in [5.41, 5.74) is 2.63. The normalized spacial score (nSPS) is 11.8. The lowest BCUT2D eigenvalue weighted by atomic mass is 10.2. The summed E-state index contributed by atoms with van der Waals surface area (Å²) in [5, 5.41) is 6.37. The summed E-state index contributed by atoms with van der Waals surface area (Å²) in [7, 11) is -1.96. The molecule has 0 aliphatic heterocycles. The van der Waals surface area contributed by atoms with Crippen LogP contribution in [0.2, 0.25) is 5.02 Å². The van der Waals surface area contributed by atoms with E-state index in [1.54, 1.807) is 31.3 Å². The second kappa shape index (κ2) is 10.6. The van der Waals surface area contributed by atoms with E-state index in [0.717, 1.165) is 21.8 Å². The van der Waals surface area contributed by atoms with Gasteiger partial charge >= 0.3 is 0 Å². The second-order valence-electron chi connectivity index (χ2n) is 7.75. The molecule has 3 rings (SSSR count). The highest BCUT2D eigenvalue weighted by molar-refractivity contribution is 7.89. The number of benzene rings is 2. The first-order chi connectivity index (χ1) is 15.1.